The van der Waals surface area contributed by atoms with Crippen molar-refractivity contribution in [3.8, 4) is 28.5 Å². The minimum absolute atomic E-state index is 0. The van der Waals surface area contributed by atoms with Crippen LogP contribution < -0.4 is 0 Å². The summed E-state index contributed by atoms with van der Waals surface area (Å²) in [5.41, 5.74) is 7.38. The molecule has 0 amide bonds. The topological polar surface area (TPSA) is 36.7 Å². The third kappa shape index (κ3) is 4.13. The molecule has 6 aromatic rings. The van der Waals surface area contributed by atoms with Crippen molar-refractivity contribution in [3.05, 3.63) is 114 Å². The Labute approximate surface area is 218 Å². The molecule has 0 saturated heterocycles. The molecule has 0 aliphatic rings. The molecule has 0 aliphatic heterocycles. The monoisotopic (exact) mass is 626 g/mol. The van der Waals surface area contributed by atoms with E-state index in [1.807, 2.05) is 24.4 Å². The van der Waals surface area contributed by atoms with Crippen LogP contribution in [0, 0.1) is 31.2 Å². The summed E-state index contributed by atoms with van der Waals surface area (Å²) >= 11 is 0. The first-order chi connectivity index (χ1) is 16.6. The number of pyridine rings is 1. The first-order valence-corrected chi connectivity index (χ1v) is 11.4. The summed E-state index contributed by atoms with van der Waals surface area (Å²) in [5, 5.41) is 16.1. The van der Waals surface area contributed by atoms with Crippen LogP contribution in [0.2, 0.25) is 0 Å². The van der Waals surface area contributed by atoms with Crippen LogP contribution in [-0.4, -0.2) is 4.98 Å². The minimum Gasteiger partial charge on any atom is -0.304 e. The van der Waals surface area contributed by atoms with E-state index in [2.05, 4.69) is 92.7 Å². The standard InChI is InChI=1S/C32H21N2.Ir/c1-20-13-21(2)15-28(14-20)32-31-10-8-27-18-26(7-9-29(27)30(31)11-12-34-32)25-6-5-23-16-22(19-33)3-4-24(23)17-25;/h3-14,16-18H,1-2H3;/q-1;. The van der Waals surface area contributed by atoms with Gasteiger partial charge in [0.05, 0.1) is 11.6 Å². The van der Waals surface area contributed by atoms with Crippen molar-refractivity contribution in [1.82, 2.24) is 4.98 Å². The second kappa shape index (κ2) is 9.08. The van der Waals surface area contributed by atoms with Gasteiger partial charge in [-0.15, -0.1) is 34.9 Å². The minimum atomic E-state index is 0. The van der Waals surface area contributed by atoms with Crippen molar-refractivity contribution in [2.45, 2.75) is 13.8 Å². The van der Waals surface area contributed by atoms with Gasteiger partial charge in [-0.2, -0.15) is 5.26 Å². The Hall–Kier alpha value is -3.83. The van der Waals surface area contributed by atoms with Gasteiger partial charge in [-0.25, -0.2) is 0 Å². The average Bonchev–Trinajstić information content (AvgIpc) is 2.86. The Morgan fingerprint density at radius 2 is 1.37 bits per heavy atom. The number of nitrogens with zero attached hydrogens (tertiary/aromatic N) is 2. The average molecular weight is 626 g/mol. The van der Waals surface area contributed by atoms with Crippen molar-refractivity contribution >= 4 is 32.3 Å². The molecule has 3 heteroatoms. The summed E-state index contributed by atoms with van der Waals surface area (Å²) < 4.78 is 0. The maximum Gasteiger partial charge on any atom is 0.0991 e. The number of rotatable bonds is 2. The fourth-order valence-corrected chi connectivity index (χ4v) is 4.91. The Kier molecular flexibility index (Phi) is 5.95. The van der Waals surface area contributed by atoms with Crippen LogP contribution in [-0.2, 0) is 20.1 Å². The van der Waals surface area contributed by atoms with Crippen LogP contribution in [0.4, 0.5) is 0 Å². The van der Waals surface area contributed by atoms with Gasteiger partial charge >= 0.3 is 0 Å². The van der Waals surface area contributed by atoms with Crippen LogP contribution in [0.1, 0.15) is 16.7 Å². The van der Waals surface area contributed by atoms with Gasteiger partial charge in [0.1, 0.15) is 0 Å². The Morgan fingerprint density at radius 3 is 2.17 bits per heavy atom. The molecule has 0 bridgehead atoms. The number of aromatic nitrogens is 1. The Bertz CT molecular complexity index is 1770. The third-order valence-corrected chi connectivity index (χ3v) is 6.47. The molecule has 1 heterocycles. The predicted molar refractivity (Wildman–Crippen MR) is 141 cm³/mol. The van der Waals surface area contributed by atoms with Crippen molar-refractivity contribution in [3.63, 3.8) is 0 Å². The van der Waals surface area contributed by atoms with Gasteiger partial charge in [0.2, 0.25) is 0 Å². The van der Waals surface area contributed by atoms with Gasteiger partial charge < -0.3 is 4.98 Å². The number of hydrogen-bond donors (Lipinski definition) is 0. The Balaban J connectivity index is 0.00000253. The third-order valence-electron chi connectivity index (χ3n) is 6.47. The van der Waals surface area contributed by atoms with Crippen LogP contribution in [0.25, 0.3) is 54.7 Å². The molecule has 0 unspecified atom stereocenters. The molecule has 1 aromatic heterocycles. The molecule has 5 aromatic carbocycles. The molecule has 35 heavy (non-hydrogen) atoms. The van der Waals surface area contributed by atoms with E-state index >= 15 is 0 Å². The molecule has 0 aliphatic carbocycles. The summed E-state index contributed by atoms with van der Waals surface area (Å²) in [5.74, 6) is 0. The molecule has 2 nitrogen and oxygen atoms in total. The zero-order valence-electron chi connectivity index (χ0n) is 19.4. The first-order valence-electron chi connectivity index (χ1n) is 11.4. The fraction of sp³-hybridized carbons (Fsp3) is 0.0625. The van der Waals surface area contributed by atoms with Crippen LogP contribution in [0.5, 0.6) is 0 Å². The molecule has 0 saturated carbocycles. The summed E-state index contributed by atoms with van der Waals surface area (Å²) in [6, 6.07) is 35.3. The number of fused-ring (bicyclic) bond motifs is 4. The maximum atomic E-state index is 9.16. The van der Waals surface area contributed by atoms with Gasteiger partial charge in [-0.1, -0.05) is 56.3 Å². The van der Waals surface area contributed by atoms with Crippen LogP contribution in [0.15, 0.2) is 91.1 Å². The van der Waals surface area contributed by atoms with E-state index in [4.69, 9.17) is 10.2 Å². The first kappa shape index (κ1) is 22.9. The van der Waals surface area contributed by atoms with E-state index < -0.39 is 0 Å². The van der Waals surface area contributed by atoms with E-state index in [-0.39, 0.29) is 20.1 Å². The normalized spacial score (nSPS) is 10.9. The van der Waals surface area contributed by atoms with E-state index in [1.165, 1.54) is 32.8 Å². The molecular formula is C32H21IrN2-. The maximum absolute atomic E-state index is 9.16. The molecule has 6 rings (SSSR count). The summed E-state index contributed by atoms with van der Waals surface area (Å²) in [4.78, 5) is 4.72. The van der Waals surface area contributed by atoms with E-state index in [0.29, 0.717) is 5.56 Å². The summed E-state index contributed by atoms with van der Waals surface area (Å²) in [6.45, 7) is 4.19. The number of benzene rings is 5. The van der Waals surface area contributed by atoms with Gasteiger partial charge in [0, 0.05) is 26.3 Å². The number of aryl methyl sites for hydroxylation is 2. The molecular weight excluding hydrogens is 605 g/mol. The quantitative estimate of drug-likeness (QED) is 0.144. The second-order valence-electron chi connectivity index (χ2n) is 8.90. The van der Waals surface area contributed by atoms with E-state index in [9.17, 15) is 0 Å². The Morgan fingerprint density at radius 1 is 0.686 bits per heavy atom. The summed E-state index contributed by atoms with van der Waals surface area (Å²) in [6.07, 6.45) is 1.90. The predicted octanol–water partition coefficient (Wildman–Crippen LogP) is 8.16. The van der Waals surface area contributed by atoms with E-state index in [1.54, 1.807) is 0 Å². The molecule has 0 spiro atoms. The van der Waals surface area contributed by atoms with Crippen molar-refractivity contribution in [2.24, 2.45) is 0 Å². The van der Waals surface area contributed by atoms with Crippen molar-refractivity contribution < 1.29 is 20.1 Å². The molecule has 0 fully saturated rings. The zero-order valence-corrected chi connectivity index (χ0v) is 21.8. The van der Waals surface area contributed by atoms with Crippen LogP contribution >= 0.6 is 0 Å². The van der Waals surface area contributed by atoms with Gasteiger partial charge in [0.15, 0.2) is 0 Å². The van der Waals surface area contributed by atoms with Gasteiger partial charge in [-0.05, 0) is 79.5 Å². The van der Waals surface area contributed by atoms with Crippen molar-refractivity contribution in [2.75, 3.05) is 0 Å². The van der Waals surface area contributed by atoms with Gasteiger partial charge in [-0.3, -0.25) is 0 Å². The van der Waals surface area contributed by atoms with Gasteiger partial charge in [0.25, 0.3) is 0 Å². The second-order valence-corrected chi connectivity index (χ2v) is 8.90. The van der Waals surface area contributed by atoms with Crippen LogP contribution in [0.3, 0.4) is 0 Å². The number of hydrogen-bond acceptors (Lipinski definition) is 2. The molecule has 0 N–H and O–H groups in total. The summed E-state index contributed by atoms with van der Waals surface area (Å²) in [7, 11) is 0. The molecule has 169 valence electrons. The van der Waals surface area contributed by atoms with E-state index in [0.717, 1.165) is 33.0 Å². The number of nitriles is 1. The zero-order chi connectivity index (χ0) is 23.2. The molecule has 0 atom stereocenters. The largest absolute Gasteiger partial charge is 0.304 e. The molecule has 1 radical (unpaired) electrons. The fourth-order valence-electron chi connectivity index (χ4n) is 4.91. The smallest absolute Gasteiger partial charge is 0.0991 e. The van der Waals surface area contributed by atoms with Crippen molar-refractivity contribution in [1.29, 1.82) is 5.26 Å². The SMILES string of the molecule is Cc1[c-]c(-c2nccc3c2ccc2cc(-c4ccc5cc(C#N)ccc5c4)ccc23)cc(C)c1.[Ir].